The number of nitrogen functional groups attached to an aromatic ring is 1. The lowest BCUT2D eigenvalue weighted by Crippen LogP contribution is -2.19. The van der Waals surface area contributed by atoms with E-state index in [2.05, 4.69) is 25.9 Å². The van der Waals surface area contributed by atoms with Crippen LogP contribution < -0.4 is 10.6 Å². The van der Waals surface area contributed by atoms with E-state index in [1.165, 1.54) is 0 Å². The van der Waals surface area contributed by atoms with E-state index in [1.54, 1.807) is 6.07 Å². The Balaban J connectivity index is 2.16. The molecule has 0 aliphatic heterocycles. The van der Waals surface area contributed by atoms with E-state index in [0.29, 0.717) is 22.9 Å². The lowest BCUT2D eigenvalue weighted by molar-refractivity contribution is 0.480. The third-order valence-corrected chi connectivity index (χ3v) is 2.64. The lowest BCUT2D eigenvalue weighted by Gasteiger charge is -2.15. The molecule has 0 atom stereocenters. The first kappa shape index (κ1) is 11.9. The molecule has 2 aromatic heterocycles. The molecule has 0 saturated carbocycles. The van der Waals surface area contributed by atoms with Crippen LogP contribution in [0.1, 0.15) is 11.5 Å². The smallest absolute Gasteiger partial charge is 0.228 e. The highest BCUT2D eigenvalue weighted by Crippen LogP contribution is 2.17. The van der Waals surface area contributed by atoms with Gasteiger partial charge in [0.25, 0.3) is 0 Å². The molecule has 0 aliphatic rings. The van der Waals surface area contributed by atoms with Gasteiger partial charge in [0.2, 0.25) is 5.95 Å². The van der Waals surface area contributed by atoms with Crippen molar-refractivity contribution >= 4 is 27.7 Å². The van der Waals surface area contributed by atoms with E-state index in [-0.39, 0.29) is 0 Å². The van der Waals surface area contributed by atoms with Gasteiger partial charge in [0, 0.05) is 13.1 Å². The molecule has 0 unspecified atom stereocenters. The van der Waals surface area contributed by atoms with Crippen LogP contribution in [0.25, 0.3) is 0 Å². The minimum atomic E-state index is 0.435. The van der Waals surface area contributed by atoms with Gasteiger partial charge < -0.3 is 15.1 Å². The molecule has 2 N–H and O–H groups in total. The molecule has 0 radical (unpaired) electrons. The first-order valence-electron chi connectivity index (χ1n) is 5.11. The molecule has 6 heteroatoms. The number of rotatable bonds is 3. The van der Waals surface area contributed by atoms with Crippen molar-refractivity contribution in [1.29, 1.82) is 0 Å². The van der Waals surface area contributed by atoms with Crippen LogP contribution in [0.4, 0.5) is 11.8 Å². The second-order valence-corrected chi connectivity index (χ2v) is 4.60. The van der Waals surface area contributed by atoms with Crippen molar-refractivity contribution in [2.24, 2.45) is 0 Å². The minimum absolute atomic E-state index is 0.435. The molecule has 0 saturated heterocycles. The van der Waals surface area contributed by atoms with Gasteiger partial charge in [0.1, 0.15) is 21.9 Å². The lowest BCUT2D eigenvalue weighted by atomic mass is 10.4. The number of hydrogen-bond donors (Lipinski definition) is 1. The predicted molar refractivity (Wildman–Crippen MR) is 69.7 cm³/mol. The van der Waals surface area contributed by atoms with Gasteiger partial charge in [-0.25, -0.2) is 4.98 Å². The zero-order valence-corrected chi connectivity index (χ0v) is 11.2. The van der Waals surface area contributed by atoms with Crippen LogP contribution in [0.3, 0.4) is 0 Å². The molecule has 90 valence electrons. The summed E-state index contributed by atoms with van der Waals surface area (Å²) in [5.41, 5.74) is 5.66. The van der Waals surface area contributed by atoms with Gasteiger partial charge in [-0.1, -0.05) is 0 Å². The largest absolute Gasteiger partial charge is 0.464 e. The van der Waals surface area contributed by atoms with E-state index < -0.39 is 0 Å². The fourth-order valence-electron chi connectivity index (χ4n) is 1.47. The monoisotopic (exact) mass is 296 g/mol. The Bertz CT molecular complexity index is 506. The first-order chi connectivity index (χ1) is 8.04. The zero-order valence-electron chi connectivity index (χ0n) is 9.64. The molecule has 17 heavy (non-hydrogen) atoms. The molecule has 0 aliphatic carbocycles. The Morgan fingerprint density at radius 1 is 1.41 bits per heavy atom. The van der Waals surface area contributed by atoms with Crippen molar-refractivity contribution in [3.63, 3.8) is 0 Å². The maximum Gasteiger partial charge on any atom is 0.228 e. The summed E-state index contributed by atoms with van der Waals surface area (Å²) in [5.74, 6) is 2.76. The Morgan fingerprint density at radius 2 is 2.18 bits per heavy atom. The van der Waals surface area contributed by atoms with Crippen molar-refractivity contribution in [1.82, 2.24) is 9.97 Å². The molecular weight excluding hydrogens is 284 g/mol. The van der Waals surface area contributed by atoms with E-state index in [1.807, 2.05) is 31.0 Å². The molecule has 0 bridgehead atoms. The predicted octanol–water partition coefficient (Wildman–Crippen LogP) is 2.36. The molecule has 2 heterocycles. The van der Waals surface area contributed by atoms with Crippen LogP contribution in [0, 0.1) is 6.92 Å². The summed E-state index contributed by atoms with van der Waals surface area (Å²) in [5, 5.41) is 0. The van der Waals surface area contributed by atoms with Gasteiger partial charge in [-0.2, -0.15) is 4.98 Å². The van der Waals surface area contributed by atoms with Crippen LogP contribution >= 0.6 is 15.9 Å². The van der Waals surface area contributed by atoms with Gasteiger partial charge >= 0.3 is 0 Å². The number of aromatic nitrogens is 2. The summed E-state index contributed by atoms with van der Waals surface area (Å²) in [6.07, 6.45) is 0. The topological polar surface area (TPSA) is 68.2 Å². The standard InChI is InChI=1S/C11H13BrN4O/c1-7-3-4-8(17-7)6-16(2)11-14-9(12)5-10(13)15-11/h3-5H,6H2,1-2H3,(H2,13,14,15). The summed E-state index contributed by atoms with van der Waals surface area (Å²) < 4.78 is 6.16. The fourth-order valence-corrected chi connectivity index (χ4v) is 1.86. The SMILES string of the molecule is Cc1ccc(CN(C)c2nc(N)cc(Br)n2)o1. The summed E-state index contributed by atoms with van der Waals surface area (Å²) in [4.78, 5) is 10.3. The average molecular weight is 297 g/mol. The number of anilines is 2. The quantitative estimate of drug-likeness (QED) is 0.881. The van der Waals surface area contributed by atoms with Gasteiger partial charge in [-0.3, -0.25) is 0 Å². The summed E-state index contributed by atoms with van der Waals surface area (Å²) in [6, 6.07) is 5.53. The number of aryl methyl sites for hydroxylation is 1. The summed E-state index contributed by atoms with van der Waals surface area (Å²) >= 11 is 3.29. The Labute approximate surface area is 108 Å². The van der Waals surface area contributed by atoms with Crippen molar-refractivity contribution in [2.45, 2.75) is 13.5 Å². The van der Waals surface area contributed by atoms with Crippen LogP contribution in [0.15, 0.2) is 27.2 Å². The molecule has 0 aromatic carbocycles. The Hall–Kier alpha value is -1.56. The number of nitrogens with two attached hydrogens (primary N) is 1. The third kappa shape index (κ3) is 2.97. The van der Waals surface area contributed by atoms with Gasteiger partial charge in [0.05, 0.1) is 6.54 Å². The van der Waals surface area contributed by atoms with Crippen LogP contribution in [0.2, 0.25) is 0 Å². The van der Waals surface area contributed by atoms with Gasteiger partial charge in [-0.15, -0.1) is 0 Å². The third-order valence-electron chi connectivity index (χ3n) is 2.23. The van der Waals surface area contributed by atoms with E-state index in [9.17, 15) is 0 Å². The second kappa shape index (κ2) is 4.75. The van der Waals surface area contributed by atoms with Crippen LogP contribution in [-0.2, 0) is 6.54 Å². The molecular formula is C11H13BrN4O. The van der Waals surface area contributed by atoms with Gasteiger partial charge in [-0.05, 0) is 35.0 Å². The van der Waals surface area contributed by atoms with E-state index >= 15 is 0 Å². The van der Waals surface area contributed by atoms with Crippen LogP contribution in [0.5, 0.6) is 0 Å². The molecule has 2 rings (SSSR count). The number of hydrogen-bond acceptors (Lipinski definition) is 5. The number of halogens is 1. The maximum atomic E-state index is 5.66. The summed E-state index contributed by atoms with van der Waals surface area (Å²) in [6.45, 7) is 2.51. The number of nitrogens with zero attached hydrogens (tertiary/aromatic N) is 3. The van der Waals surface area contributed by atoms with Crippen molar-refractivity contribution in [3.8, 4) is 0 Å². The molecule has 5 nitrogen and oxygen atoms in total. The second-order valence-electron chi connectivity index (χ2n) is 3.78. The average Bonchev–Trinajstić information content (AvgIpc) is 2.62. The highest BCUT2D eigenvalue weighted by Gasteiger charge is 2.09. The number of furan rings is 1. The highest BCUT2D eigenvalue weighted by atomic mass is 79.9. The normalized spacial score (nSPS) is 10.5. The molecule has 0 amide bonds. The first-order valence-corrected chi connectivity index (χ1v) is 5.90. The molecule has 2 aromatic rings. The molecule has 0 spiro atoms. The van der Waals surface area contributed by atoms with E-state index in [4.69, 9.17) is 10.2 Å². The molecule has 0 fully saturated rings. The van der Waals surface area contributed by atoms with Crippen molar-refractivity contribution in [2.75, 3.05) is 17.7 Å². The zero-order chi connectivity index (χ0) is 12.4. The maximum absolute atomic E-state index is 5.66. The highest BCUT2D eigenvalue weighted by molar-refractivity contribution is 9.10. The Kier molecular flexibility index (Phi) is 3.33. The Morgan fingerprint density at radius 3 is 2.76 bits per heavy atom. The van der Waals surface area contributed by atoms with Crippen LogP contribution in [-0.4, -0.2) is 17.0 Å². The summed E-state index contributed by atoms with van der Waals surface area (Å²) in [7, 11) is 1.89. The van der Waals surface area contributed by atoms with Gasteiger partial charge in [0.15, 0.2) is 0 Å². The van der Waals surface area contributed by atoms with Crippen molar-refractivity contribution in [3.05, 3.63) is 34.3 Å². The van der Waals surface area contributed by atoms with E-state index in [0.717, 1.165) is 11.5 Å². The fraction of sp³-hybridized carbons (Fsp3) is 0.273. The minimum Gasteiger partial charge on any atom is -0.464 e. The van der Waals surface area contributed by atoms with Crippen molar-refractivity contribution < 1.29 is 4.42 Å².